The van der Waals surface area contributed by atoms with Crippen LogP contribution in [0.2, 0.25) is 0 Å². The van der Waals surface area contributed by atoms with Crippen molar-refractivity contribution in [3.63, 3.8) is 0 Å². The highest BCUT2D eigenvalue weighted by Crippen LogP contribution is 2.14. The molecule has 3 aromatic rings. The molecule has 0 aliphatic heterocycles. The van der Waals surface area contributed by atoms with Gasteiger partial charge in [-0.15, -0.1) is 10.2 Å². The van der Waals surface area contributed by atoms with Gasteiger partial charge in [-0.3, -0.25) is 4.79 Å². The van der Waals surface area contributed by atoms with Crippen molar-refractivity contribution in [1.82, 2.24) is 20.2 Å². The van der Waals surface area contributed by atoms with Crippen molar-refractivity contribution in [2.75, 3.05) is 5.32 Å². The molecule has 1 amide bonds. The molecule has 0 radical (unpaired) electrons. The summed E-state index contributed by atoms with van der Waals surface area (Å²) in [7, 11) is 0. The molecule has 0 fully saturated rings. The second-order valence-electron chi connectivity index (χ2n) is 5.01. The van der Waals surface area contributed by atoms with Crippen LogP contribution in [-0.4, -0.2) is 26.1 Å². The van der Waals surface area contributed by atoms with Gasteiger partial charge in [-0.2, -0.15) is 4.80 Å². The van der Waals surface area contributed by atoms with Gasteiger partial charge in [0.05, 0.1) is 5.69 Å². The number of halogens is 2. The number of ether oxygens (including phenoxy) is 1. The molecule has 0 atom stereocenters. The van der Waals surface area contributed by atoms with Gasteiger partial charge in [-0.25, -0.2) is 8.78 Å². The third-order valence-corrected chi connectivity index (χ3v) is 3.10. The van der Waals surface area contributed by atoms with Crippen molar-refractivity contribution in [2.24, 2.45) is 0 Å². The summed E-state index contributed by atoms with van der Waals surface area (Å²) in [5.74, 6) is -1.21. The number of nitrogens with zero attached hydrogens (tertiary/aromatic N) is 4. The van der Waals surface area contributed by atoms with Crippen LogP contribution in [0, 0.1) is 11.6 Å². The van der Waals surface area contributed by atoms with Crippen molar-refractivity contribution in [2.45, 2.75) is 13.2 Å². The zero-order valence-corrected chi connectivity index (χ0v) is 12.9. The molecule has 1 aromatic heterocycles. The number of carbonyl (C=O) groups is 1. The van der Waals surface area contributed by atoms with Gasteiger partial charge >= 0.3 is 0 Å². The molecule has 0 aliphatic rings. The Morgan fingerprint density at radius 2 is 1.96 bits per heavy atom. The largest absolute Gasteiger partial charge is 0.485 e. The van der Waals surface area contributed by atoms with Crippen LogP contribution in [0.15, 0.2) is 48.5 Å². The van der Waals surface area contributed by atoms with E-state index in [4.69, 9.17) is 4.74 Å². The first-order valence-electron chi connectivity index (χ1n) is 7.29. The summed E-state index contributed by atoms with van der Waals surface area (Å²) in [5.41, 5.74) is -0.126. The Labute approximate surface area is 141 Å². The van der Waals surface area contributed by atoms with Crippen LogP contribution in [0.4, 0.5) is 14.5 Å². The topological polar surface area (TPSA) is 81.9 Å². The maximum absolute atomic E-state index is 13.5. The molecule has 0 saturated carbocycles. The zero-order valence-electron chi connectivity index (χ0n) is 12.9. The second-order valence-corrected chi connectivity index (χ2v) is 5.01. The maximum Gasteiger partial charge on any atom is 0.248 e. The first kappa shape index (κ1) is 16.5. The normalized spacial score (nSPS) is 10.5. The average Bonchev–Trinajstić information content (AvgIpc) is 3.04. The smallest absolute Gasteiger partial charge is 0.248 e. The van der Waals surface area contributed by atoms with Crippen LogP contribution < -0.4 is 10.1 Å². The van der Waals surface area contributed by atoms with Gasteiger partial charge in [0.2, 0.25) is 11.7 Å². The van der Waals surface area contributed by atoms with Gasteiger partial charge in [-0.1, -0.05) is 18.2 Å². The summed E-state index contributed by atoms with van der Waals surface area (Å²) >= 11 is 0. The molecule has 25 heavy (non-hydrogen) atoms. The monoisotopic (exact) mass is 345 g/mol. The minimum Gasteiger partial charge on any atom is -0.485 e. The number of para-hydroxylation sites is 1. The van der Waals surface area contributed by atoms with E-state index in [1.165, 1.54) is 0 Å². The minimum atomic E-state index is -0.864. The predicted molar refractivity (Wildman–Crippen MR) is 83.6 cm³/mol. The number of aromatic nitrogens is 4. The minimum absolute atomic E-state index is 0.0955. The third kappa shape index (κ3) is 4.56. The molecule has 0 spiro atoms. The number of hydrogen-bond acceptors (Lipinski definition) is 5. The summed E-state index contributed by atoms with van der Waals surface area (Å²) < 4.78 is 31.8. The molecule has 1 heterocycles. The average molecular weight is 345 g/mol. The molecule has 1 N–H and O–H groups in total. The number of benzene rings is 2. The van der Waals surface area contributed by atoms with E-state index in [0.717, 1.165) is 16.9 Å². The number of amides is 1. The van der Waals surface area contributed by atoms with E-state index in [1.54, 1.807) is 12.1 Å². The fourth-order valence-electron chi connectivity index (χ4n) is 1.97. The Bertz CT molecular complexity index is 870. The van der Waals surface area contributed by atoms with E-state index in [1.807, 2.05) is 18.2 Å². The van der Waals surface area contributed by atoms with Crippen molar-refractivity contribution in [1.29, 1.82) is 0 Å². The highest BCUT2D eigenvalue weighted by Gasteiger charge is 2.11. The highest BCUT2D eigenvalue weighted by atomic mass is 19.1. The van der Waals surface area contributed by atoms with Crippen molar-refractivity contribution in [3.05, 3.63) is 66.0 Å². The predicted octanol–water partition coefficient (Wildman–Crippen LogP) is 2.17. The summed E-state index contributed by atoms with van der Waals surface area (Å²) in [6, 6.07) is 12.0. The molecule has 128 valence electrons. The summed E-state index contributed by atoms with van der Waals surface area (Å²) in [6.07, 6.45) is 0. The summed E-state index contributed by atoms with van der Waals surface area (Å²) in [6.45, 7) is -0.173. The fraction of sp³-hybridized carbons (Fsp3) is 0.125. The summed E-state index contributed by atoms with van der Waals surface area (Å²) in [5, 5.41) is 13.8. The van der Waals surface area contributed by atoms with Crippen molar-refractivity contribution in [3.8, 4) is 5.75 Å². The number of anilines is 1. The summed E-state index contributed by atoms with van der Waals surface area (Å²) in [4.78, 5) is 12.9. The quantitative estimate of drug-likeness (QED) is 0.740. The molecule has 7 nitrogen and oxygen atoms in total. The van der Waals surface area contributed by atoms with Crippen molar-refractivity contribution >= 4 is 11.6 Å². The molecule has 0 saturated heterocycles. The van der Waals surface area contributed by atoms with Crippen LogP contribution in [0.3, 0.4) is 0 Å². The lowest BCUT2D eigenvalue weighted by Crippen LogP contribution is -2.21. The Balaban J connectivity index is 1.54. The van der Waals surface area contributed by atoms with Gasteiger partial charge in [0.15, 0.2) is 6.61 Å². The van der Waals surface area contributed by atoms with E-state index in [9.17, 15) is 13.6 Å². The molecule has 3 rings (SSSR count). The Hall–Kier alpha value is -3.36. The van der Waals surface area contributed by atoms with Gasteiger partial charge in [0.25, 0.3) is 0 Å². The maximum atomic E-state index is 13.5. The van der Waals surface area contributed by atoms with E-state index in [2.05, 4.69) is 20.7 Å². The second kappa shape index (κ2) is 7.47. The Morgan fingerprint density at radius 3 is 2.72 bits per heavy atom. The van der Waals surface area contributed by atoms with Crippen LogP contribution >= 0.6 is 0 Å². The highest BCUT2D eigenvalue weighted by molar-refractivity contribution is 5.90. The van der Waals surface area contributed by atoms with E-state index in [-0.39, 0.29) is 18.8 Å². The van der Waals surface area contributed by atoms with E-state index in [0.29, 0.717) is 17.6 Å². The Morgan fingerprint density at radius 1 is 1.16 bits per heavy atom. The van der Waals surface area contributed by atoms with Gasteiger partial charge < -0.3 is 10.1 Å². The molecular weight excluding hydrogens is 332 g/mol. The molecule has 0 bridgehead atoms. The van der Waals surface area contributed by atoms with Crippen LogP contribution in [-0.2, 0) is 17.9 Å². The number of nitrogens with one attached hydrogen (secondary N) is 1. The van der Waals surface area contributed by atoms with Gasteiger partial charge in [-0.05, 0) is 29.5 Å². The van der Waals surface area contributed by atoms with Crippen LogP contribution in [0.1, 0.15) is 5.82 Å². The lowest BCUT2D eigenvalue weighted by atomic mass is 10.3. The molecular formula is C16H13F2N5O2. The SMILES string of the molecule is O=C(Cn1nnc(COc2ccccc2)n1)Nc1ccc(F)cc1F. The standard InChI is InChI=1S/C16H13F2N5O2/c17-11-6-7-14(13(18)8-11)19-16(24)9-23-21-15(20-22-23)10-25-12-4-2-1-3-5-12/h1-8H,9-10H2,(H,19,24). The van der Waals surface area contributed by atoms with E-state index >= 15 is 0 Å². The van der Waals surface area contributed by atoms with Crippen LogP contribution in [0.25, 0.3) is 0 Å². The number of carbonyl (C=O) groups excluding carboxylic acids is 1. The number of hydrogen-bond donors (Lipinski definition) is 1. The molecule has 0 aliphatic carbocycles. The first-order chi connectivity index (χ1) is 12.1. The first-order valence-corrected chi connectivity index (χ1v) is 7.29. The number of rotatable bonds is 6. The lowest BCUT2D eigenvalue weighted by Gasteiger charge is -2.05. The lowest BCUT2D eigenvalue weighted by molar-refractivity contribution is -0.117. The molecule has 2 aromatic carbocycles. The fourth-order valence-corrected chi connectivity index (χ4v) is 1.97. The van der Waals surface area contributed by atoms with E-state index < -0.39 is 17.5 Å². The Kier molecular flexibility index (Phi) is 4.93. The van der Waals surface area contributed by atoms with Gasteiger partial charge in [0, 0.05) is 6.07 Å². The number of tetrazole rings is 1. The molecule has 9 heteroatoms. The van der Waals surface area contributed by atoms with Gasteiger partial charge in [0.1, 0.15) is 23.9 Å². The third-order valence-electron chi connectivity index (χ3n) is 3.10. The van der Waals surface area contributed by atoms with Crippen molar-refractivity contribution < 1.29 is 18.3 Å². The molecule has 0 unspecified atom stereocenters. The van der Waals surface area contributed by atoms with Crippen LogP contribution in [0.5, 0.6) is 5.75 Å². The zero-order chi connectivity index (χ0) is 17.6.